The highest BCUT2D eigenvalue weighted by Gasteiger charge is 2.36. The van der Waals surface area contributed by atoms with E-state index in [-0.39, 0.29) is 17.4 Å². The van der Waals surface area contributed by atoms with E-state index in [0.717, 1.165) is 22.2 Å². The van der Waals surface area contributed by atoms with E-state index in [2.05, 4.69) is 10.3 Å². The van der Waals surface area contributed by atoms with E-state index in [1.807, 2.05) is 61.5 Å². The van der Waals surface area contributed by atoms with E-state index in [9.17, 15) is 14.4 Å². The number of aromatic nitrogens is 1. The van der Waals surface area contributed by atoms with Gasteiger partial charge in [0.1, 0.15) is 6.04 Å². The van der Waals surface area contributed by atoms with E-state index >= 15 is 0 Å². The Morgan fingerprint density at radius 1 is 1.14 bits per heavy atom. The predicted octanol–water partition coefficient (Wildman–Crippen LogP) is 2.69. The highest BCUT2D eigenvalue weighted by molar-refractivity contribution is 6.03. The summed E-state index contributed by atoms with van der Waals surface area (Å²) >= 11 is 0. The van der Waals surface area contributed by atoms with Crippen LogP contribution < -0.4 is 15.8 Å². The fraction of sp³-hybridized carbons (Fsp3) is 0.261. The molecule has 2 aromatic carbocycles. The van der Waals surface area contributed by atoms with Crippen molar-refractivity contribution in [2.24, 2.45) is 0 Å². The lowest BCUT2D eigenvalue weighted by Gasteiger charge is -2.24. The molecule has 3 aromatic rings. The molecule has 2 amide bonds. The molecule has 148 valence electrons. The summed E-state index contributed by atoms with van der Waals surface area (Å²) in [6, 6.07) is 16.5. The zero-order valence-corrected chi connectivity index (χ0v) is 16.3. The number of carbonyl (C=O) groups is 2. The average molecular weight is 389 g/mol. The quantitative estimate of drug-likeness (QED) is 0.704. The van der Waals surface area contributed by atoms with Crippen LogP contribution in [-0.2, 0) is 16.0 Å². The fourth-order valence-corrected chi connectivity index (χ4v) is 3.84. The minimum Gasteiger partial charge on any atom is -0.354 e. The molecule has 0 spiro atoms. The van der Waals surface area contributed by atoms with Gasteiger partial charge in [0, 0.05) is 29.7 Å². The molecule has 6 nitrogen and oxygen atoms in total. The molecule has 2 N–H and O–H groups in total. The third-order valence-corrected chi connectivity index (χ3v) is 5.32. The monoisotopic (exact) mass is 389 g/mol. The summed E-state index contributed by atoms with van der Waals surface area (Å²) in [4.78, 5) is 41.8. The first-order valence-corrected chi connectivity index (χ1v) is 9.80. The maximum atomic E-state index is 12.7. The summed E-state index contributed by atoms with van der Waals surface area (Å²) in [5.74, 6) is -0.231. The Kier molecular flexibility index (Phi) is 5.16. The molecule has 1 atom stereocenters. The van der Waals surface area contributed by atoms with Crippen LogP contribution in [0.1, 0.15) is 24.0 Å². The third-order valence-electron chi connectivity index (χ3n) is 5.32. The number of carbonyl (C=O) groups excluding carboxylic acids is 2. The van der Waals surface area contributed by atoms with Crippen LogP contribution >= 0.6 is 0 Å². The molecule has 6 heteroatoms. The molecule has 0 bridgehead atoms. The van der Waals surface area contributed by atoms with Crippen LogP contribution in [0.25, 0.3) is 10.9 Å². The second kappa shape index (κ2) is 7.91. The van der Waals surface area contributed by atoms with E-state index in [4.69, 9.17) is 0 Å². The Hall–Kier alpha value is -3.41. The van der Waals surface area contributed by atoms with Gasteiger partial charge in [-0.25, -0.2) is 0 Å². The largest absolute Gasteiger partial charge is 0.354 e. The summed E-state index contributed by atoms with van der Waals surface area (Å²) in [6.45, 7) is 2.35. The van der Waals surface area contributed by atoms with Crippen molar-refractivity contribution < 1.29 is 9.59 Å². The minimum atomic E-state index is -0.512. The van der Waals surface area contributed by atoms with Crippen LogP contribution in [0.15, 0.2) is 59.4 Å². The Labute approximate surface area is 168 Å². The number of H-pyrrole nitrogens is 1. The van der Waals surface area contributed by atoms with Gasteiger partial charge in [-0.2, -0.15) is 0 Å². The van der Waals surface area contributed by atoms with Crippen molar-refractivity contribution in [3.63, 3.8) is 0 Å². The van der Waals surface area contributed by atoms with Gasteiger partial charge in [-0.15, -0.1) is 0 Å². The van der Waals surface area contributed by atoms with Gasteiger partial charge < -0.3 is 10.3 Å². The van der Waals surface area contributed by atoms with Gasteiger partial charge in [-0.05, 0) is 55.5 Å². The molecule has 1 saturated heterocycles. The topological polar surface area (TPSA) is 82.3 Å². The van der Waals surface area contributed by atoms with Crippen LogP contribution in [0.5, 0.6) is 0 Å². The molecule has 1 unspecified atom stereocenters. The van der Waals surface area contributed by atoms with Crippen LogP contribution in [-0.4, -0.2) is 29.4 Å². The van der Waals surface area contributed by atoms with Crippen molar-refractivity contribution in [3.8, 4) is 0 Å². The lowest BCUT2D eigenvalue weighted by molar-refractivity contribution is -0.123. The molecule has 0 aliphatic carbocycles. The normalized spacial score (nSPS) is 16.4. The SMILES string of the molecule is Cc1ccc2[nH]c(=O)c(CCNC(=O)C3CCC(=O)N3c3ccccc3)cc2c1. The fourth-order valence-electron chi connectivity index (χ4n) is 3.84. The highest BCUT2D eigenvalue weighted by Crippen LogP contribution is 2.26. The predicted molar refractivity (Wildman–Crippen MR) is 113 cm³/mol. The standard InChI is InChI=1S/C23H23N3O3/c1-15-7-8-19-17(13-15)14-16(22(28)25-19)11-12-24-23(29)20-9-10-21(27)26(20)18-5-3-2-4-6-18/h2-8,13-14,20H,9-12H2,1H3,(H,24,29)(H,25,28). The number of aryl methyl sites for hydroxylation is 1. The van der Waals surface area contributed by atoms with E-state index in [1.165, 1.54) is 0 Å². The first-order valence-electron chi connectivity index (χ1n) is 9.80. The maximum Gasteiger partial charge on any atom is 0.251 e. The molecule has 4 rings (SSSR count). The number of benzene rings is 2. The Morgan fingerprint density at radius 2 is 1.93 bits per heavy atom. The average Bonchev–Trinajstić information content (AvgIpc) is 3.11. The number of fused-ring (bicyclic) bond motifs is 1. The van der Waals surface area contributed by atoms with E-state index < -0.39 is 6.04 Å². The van der Waals surface area contributed by atoms with Gasteiger partial charge in [0.2, 0.25) is 11.8 Å². The smallest absolute Gasteiger partial charge is 0.251 e. The third kappa shape index (κ3) is 3.92. The van der Waals surface area contributed by atoms with Crippen molar-refractivity contribution in [1.29, 1.82) is 0 Å². The van der Waals surface area contributed by atoms with Gasteiger partial charge in [-0.1, -0.05) is 29.8 Å². The van der Waals surface area contributed by atoms with Crippen LogP contribution in [0.3, 0.4) is 0 Å². The second-order valence-electron chi connectivity index (χ2n) is 7.41. The van der Waals surface area contributed by atoms with Gasteiger partial charge >= 0.3 is 0 Å². The lowest BCUT2D eigenvalue weighted by atomic mass is 10.1. The number of anilines is 1. The Morgan fingerprint density at radius 3 is 2.72 bits per heavy atom. The summed E-state index contributed by atoms with van der Waals surface area (Å²) in [5, 5.41) is 3.87. The van der Waals surface area contributed by atoms with Crippen molar-refractivity contribution in [1.82, 2.24) is 10.3 Å². The Balaban J connectivity index is 1.43. The van der Waals surface area contributed by atoms with E-state index in [1.54, 1.807) is 4.90 Å². The molecule has 29 heavy (non-hydrogen) atoms. The number of para-hydroxylation sites is 1. The summed E-state index contributed by atoms with van der Waals surface area (Å²) in [7, 11) is 0. The summed E-state index contributed by atoms with van der Waals surface area (Å²) in [6.07, 6.45) is 1.28. The van der Waals surface area contributed by atoms with Crippen molar-refractivity contribution in [2.45, 2.75) is 32.2 Å². The number of hydrogen-bond acceptors (Lipinski definition) is 3. The number of nitrogens with zero attached hydrogens (tertiary/aromatic N) is 1. The zero-order chi connectivity index (χ0) is 20.4. The second-order valence-corrected chi connectivity index (χ2v) is 7.41. The van der Waals surface area contributed by atoms with E-state index in [0.29, 0.717) is 31.4 Å². The van der Waals surface area contributed by atoms with Crippen LogP contribution in [0.4, 0.5) is 5.69 Å². The molecular weight excluding hydrogens is 366 g/mol. The molecule has 1 aliphatic rings. The number of rotatable bonds is 5. The molecule has 0 radical (unpaired) electrons. The van der Waals surface area contributed by atoms with Crippen LogP contribution in [0, 0.1) is 6.92 Å². The number of nitrogens with one attached hydrogen (secondary N) is 2. The van der Waals surface area contributed by atoms with Gasteiger partial charge in [0.15, 0.2) is 0 Å². The number of pyridine rings is 1. The van der Waals surface area contributed by atoms with Gasteiger partial charge in [0.25, 0.3) is 5.56 Å². The first-order chi connectivity index (χ1) is 14.0. The number of aromatic amines is 1. The first kappa shape index (κ1) is 18.9. The molecule has 0 saturated carbocycles. The number of hydrogen-bond donors (Lipinski definition) is 2. The van der Waals surface area contributed by atoms with Crippen LogP contribution in [0.2, 0.25) is 0 Å². The van der Waals surface area contributed by atoms with Gasteiger partial charge in [0.05, 0.1) is 0 Å². The summed E-state index contributed by atoms with van der Waals surface area (Å²) in [5.41, 5.74) is 3.15. The van der Waals surface area contributed by atoms with Crippen molar-refractivity contribution in [3.05, 3.63) is 76.1 Å². The molecule has 1 aliphatic heterocycles. The summed E-state index contributed by atoms with van der Waals surface area (Å²) < 4.78 is 0. The molecule has 1 fully saturated rings. The molecule has 1 aromatic heterocycles. The minimum absolute atomic E-state index is 0.0438. The van der Waals surface area contributed by atoms with Gasteiger partial charge in [-0.3, -0.25) is 19.3 Å². The molecule has 2 heterocycles. The Bertz CT molecular complexity index is 1120. The zero-order valence-electron chi connectivity index (χ0n) is 16.3. The highest BCUT2D eigenvalue weighted by atomic mass is 16.2. The number of amides is 2. The lowest BCUT2D eigenvalue weighted by Crippen LogP contribution is -2.45. The molecular formula is C23H23N3O3. The van der Waals surface area contributed by atoms with Crippen molar-refractivity contribution in [2.75, 3.05) is 11.4 Å². The van der Waals surface area contributed by atoms with Crippen molar-refractivity contribution >= 4 is 28.4 Å². The maximum absolute atomic E-state index is 12.7.